The minimum absolute atomic E-state index is 0.0566. The van der Waals surface area contributed by atoms with Crippen molar-refractivity contribution in [2.75, 3.05) is 0 Å². The lowest BCUT2D eigenvalue weighted by atomic mass is 10.0. The number of nitrogens with zero attached hydrogens (tertiary/aromatic N) is 2. The molecule has 0 spiro atoms. The van der Waals surface area contributed by atoms with Crippen LogP contribution in [0.1, 0.15) is 19.4 Å². The molecule has 3 aromatic carbocycles. The van der Waals surface area contributed by atoms with Gasteiger partial charge < -0.3 is 9.50 Å². The molecule has 1 aliphatic rings. The summed E-state index contributed by atoms with van der Waals surface area (Å²) < 4.78 is 31.0. The number of hydrogen-bond acceptors (Lipinski definition) is 7. The maximum Gasteiger partial charge on any atom is 0.339 e. The van der Waals surface area contributed by atoms with E-state index < -0.39 is 10.1 Å². The number of benzene rings is 3. The maximum absolute atomic E-state index is 12.8. The highest BCUT2D eigenvalue weighted by molar-refractivity contribution is 8.15. The lowest BCUT2D eigenvalue weighted by Crippen LogP contribution is -2.27. The molecule has 4 rings (SSSR count). The molecule has 7 nitrogen and oxygen atoms in total. The summed E-state index contributed by atoms with van der Waals surface area (Å²) in [7, 11) is -4.03. The van der Waals surface area contributed by atoms with E-state index in [1.165, 1.54) is 30.1 Å². The van der Waals surface area contributed by atoms with Crippen LogP contribution >= 0.6 is 11.8 Å². The molecule has 3 aromatic rings. The predicted molar refractivity (Wildman–Crippen MR) is 128 cm³/mol. The van der Waals surface area contributed by atoms with Crippen LogP contribution in [0.3, 0.4) is 0 Å². The minimum Gasteiger partial charge on any atom is -0.378 e. The van der Waals surface area contributed by atoms with Crippen LogP contribution in [0, 0.1) is 5.92 Å². The Balaban J connectivity index is 1.69. The number of carbonyl (C=O) groups is 1. The number of hydrogen-bond donors (Lipinski definition) is 1. The number of nitrogens with one attached hydrogen (secondary N) is 1. The van der Waals surface area contributed by atoms with Gasteiger partial charge in [0.05, 0.1) is 11.5 Å². The minimum atomic E-state index is -4.03. The van der Waals surface area contributed by atoms with E-state index in [2.05, 4.69) is 15.5 Å². The SMILES string of the molecule is CC(C)C1S/C(=N\N=C\c2c(OS(=O)(=O)c3ccccc3)ccc3ccccc23)NC1=O. The zero-order chi connectivity index (χ0) is 22.7. The van der Waals surface area contributed by atoms with Crippen molar-refractivity contribution in [3.63, 3.8) is 0 Å². The molecule has 32 heavy (non-hydrogen) atoms. The van der Waals surface area contributed by atoms with Crippen molar-refractivity contribution in [3.05, 3.63) is 72.3 Å². The van der Waals surface area contributed by atoms with Crippen LogP contribution in [0.15, 0.2) is 81.8 Å². The van der Waals surface area contributed by atoms with Gasteiger partial charge in [-0.3, -0.25) is 4.79 Å². The number of amidine groups is 1. The number of fused-ring (bicyclic) bond motifs is 1. The third-order valence-electron chi connectivity index (χ3n) is 4.83. The molecule has 1 saturated heterocycles. The Morgan fingerprint density at radius 2 is 1.75 bits per heavy atom. The first-order chi connectivity index (χ1) is 15.3. The monoisotopic (exact) mass is 467 g/mol. The van der Waals surface area contributed by atoms with Crippen molar-refractivity contribution in [1.29, 1.82) is 0 Å². The number of carbonyl (C=O) groups excluding carboxylic acids is 1. The lowest BCUT2D eigenvalue weighted by Gasteiger charge is -2.11. The van der Waals surface area contributed by atoms with Crippen molar-refractivity contribution >= 4 is 49.9 Å². The van der Waals surface area contributed by atoms with E-state index in [-0.39, 0.29) is 27.7 Å². The Kier molecular flexibility index (Phi) is 6.29. The predicted octanol–water partition coefficient (Wildman–Crippen LogP) is 4.19. The third kappa shape index (κ3) is 4.68. The summed E-state index contributed by atoms with van der Waals surface area (Å²) in [6.45, 7) is 3.94. The second-order valence-corrected chi connectivity index (χ2v) is 10.1. The van der Waals surface area contributed by atoms with E-state index in [1.807, 2.05) is 38.1 Å². The van der Waals surface area contributed by atoms with Crippen LogP contribution in [0.2, 0.25) is 0 Å². The zero-order valence-corrected chi connectivity index (χ0v) is 19.1. The quantitative estimate of drug-likeness (QED) is 0.333. The molecule has 0 radical (unpaired) electrons. The Bertz CT molecular complexity index is 1320. The molecule has 1 heterocycles. The lowest BCUT2D eigenvalue weighted by molar-refractivity contribution is -0.119. The summed E-state index contributed by atoms with van der Waals surface area (Å²) in [6.07, 6.45) is 1.45. The van der Waals surface area contributed by atoms with Crippen LogP contribution in [-0.2, 0) is 14.9 Å². The maximum atomic E-state index is 12.8. The molecule has 0 bridgehead atoms. The average Bonchev–Trinajstić information content (AvgIpc) is 3.16. The van der Waals surface area contributed by atoms with Gasteiger partial charge >= 0.3 is 10.1 Å². The smallest absolute Gasteiger partial charge is 0.339 e. The van der Waals surface area contributed by atoms with Crippen molar-refractivity contribution in [2.45, 2.75) is 24.0 Å². The largest absolute Gasteiger partial charge is 0.378 e. The Hall–Kier alpha value is -3.17. The molecule has 1 N–H and O–H groups in total. The molecule has 1 amide bonds. The summed E-state index contributed by atoms with van der Waals surface area (Å²) in [5.74, 6) is 0.208. The van der Waals surface area contributed by atoms with Gasteiger partial charge in [-0.25, -0.2) is 0 Å². The van der Waals surface area contributed by atoms with Gasteiger partial charge in [0.2, 0.25) is 5.91 Å². The first-order valence-electron chi connectivity index (χ1n) is 9.95. The van der Waals surface area contributed by atoms with Crippen molar-refractivity contribution in [1.82, 2.24) is 5.32 Å². The zero-order valence-electron chi connectivity index (χ0n) is 17.4. The molecule has 9 heteroatoms. The van der Waals surface area contributed by atoms with Crippen LogP contribution in [0.25, 0.3) is 10.8 Å². The van der Waals surface area contributed by atoms with Crippen molar-refractivity contribution in [2.24, 2.45) is 16.1 Å². The van der Waals surface area contributed by atoms with Crippen LogP contribution in [0.5, 0.6) is 5.75 Å². The molecule has 1 atom stereocenters. The van der Waals surface area contributed by atoms with Crippen molar-refractivity contribution in [3.8, 4) is 5.75 Å². The molecule has 1 fully saturated rings. The standard InChI is InChI=1S/C23H21N3O4S2/c1-15(2)21-22(27)25-23(31-21)26-24-14-19-18-11-7-6-8-16(18)12-13-20(19)30-32(28,29)17-9-4-3-5-10-17/h3-15,21H,1-2H3,(H,25,26,27)/b24-14+. The summed E-state index contributed by atoms with van der Waals surface area (Å²) in [5.41, 5.74) is 0.474. The summed E-state index contributed by atoms with van der Waals surface area (Å²) in [5, 5.41) is 12.8. The van der Waals surface area contributed by atoms with Gasteiger partial charge in [0.1, 0.15) is 4.90 Å². The molecule has 164 valence electrons. The van der Waals surface area contributed by atoms with Crippen LogP contribution in [0.4, 0.5) is 0 Å². The summed E-state index contributed by atoms with van der Waals surface area (Å²) in [6, 6.07) is 18.8. The highest BCUT2D eigenvalue weighted by atomic mass is 32.2. The van der Waals surface area contributed by atoms with E-state index in [9.17, 15) is 13.2 Å². The van der Waals surface area contributed by atoms with Crippen molar-refractivity contribution < 1.29 is 17.4 Å². The highest BCUT2D eigenvalue weighted by Crippen LogP contribution is 2.30. The first-order valence-corrected chi connectivity index (χ1v) is 12.2. The fourth-order valence-corrected chi connectivity index (χ4v) is 5.14. The van der Waals surface area contributed by atoms with Gasteiger partial charge in [0.15, 0.2) is 10.9 Å². The molecule has 1 aliphatic heterocycles. The van der Waals surface area contributed by atoms with E-state index in [0.717, 1.165) is 10.8 Å². The molecule has 0 aromatic heterocycles. The van der Waals surface area contributed by atoms with Crippen LogP contribution < -0.4 is 9.50 Å². The van der Waals surface area contributed by atoms with Gasteiger partial charge in [0.25, 0.3) is 0 Å². The summed E-state index contributed by atoms with van der Waals surface area (Å²) in [4.78, 5) is 12.1. The second kappa shape index (κ2) is 9.13. The fraction of sp³-hybridized carbons (Fsp3) is 0.174. The number of amides is 1. The summed E-state index contributed by atoms with van der Waals surface area (Å²) >= 11 is 1.33. The Labute approximate surface area is 190 Å². The second-order valence-electron chi connectivity index (χ2n) is 7.47. The van der Waals surface area contributed by atoms with E-state index in [0.29, 0.717) is 10.7 Å². The van der Waals surface area contributed by atoms with E-state index in [4.69, 9.17) is 4.18 Å². The van der Waals surface area contributed by atoms with Gasteiger partial charge in [0, 0.05) is 5.56 Å². The fourth-order valence-electron chi connectivity index (χ4n) is 3.24. The molecular formula is C23H21N3O4S2. The van der Waals surface area contributed by atoms with Gasteiger partial charge in [-0.1, -0.05) is 74.1 Å². The van der Waals surface area contributed by atoms with E-state index >= 15 is 0 Å². The van der Waals surface area contributed by atoms with Gasteiger partial charge in [-0.2, -0.15) is 13.5 Å². The normalized spacial score (nSPS) is 18.0. The average molecular weight is 468 g/mol. The van der Waals surface area contributed by atoms with E-state index in [1.54, 1.807) is 30.3 Å². The highest BCUT2D eigenvalue weighted by Gasteiger charge is 2.32. The number of rotatable bonds is 6. The molecule has 0 saturated carbocycles. The first kappa shape index (κ1) is 22.0. The van der Waals surface area contributed by atoms with Gasteiger partial charge in [-0.05, 0) is 34.9 Å². The Morgan fingerprint density at radius 3 is 2.47 bits per heavy atom. The topological polar surface area (TPSA) is 97.2 Å². The van der Waals surface area contributed by atoms with Gasteiger partial charge in [-0.15, -0.1) is 5.10 Å². The Morgan fingerprint density at radius 1 is 1.03 bits per heavy atom. The number of thioether (sulfide) groups is 1. The molecule has 1 unspecified atom stereocenters. The molecule has 0 aliphatic carbocycles. The van der Waals surface area contributed by atoms with Crippen LogP contribution in [-0.4, -0.2) is 31.0 Å². The molecular weight excluding hydrogens is 446 g/mol. The third-order valence-corrected chi connectivity index (χ3v) is 7.50.